The zero-order valence-electron chi connectivity index (χ0n) is 15.4. The van der Waals surface area contributed by atoms with E-state index in [-0.39, 0.29) is 0 Å². The maximum absolute atomic E-state index is 13.2. The van der Waals surface area contributed by atoms with Crippen LogP contribution in [0.15, 0.2) is 41.3 Å². The van der Waals surface area contributed by atoms with Gasteiger partial charge < -0.3 is 4.90 Å². The number of nitrogens with zero attached hydrogens (tertiary/aromatic N) is 2. The molecule has 2 fully saturated rings. The van der Waals surface area contributed by atoms with Crippen LogP contribution in [0, 0.1) is 5.92 Å². The Labute approximate surface area is 163 Å². The molecule has 26 heavy (non-hydrogen) atoms. The summed E-state index contributed by atoms with van der Waals surface area (Å²) in [5, 5.41) is 2.71. The number of halogens is 1. The zero-order chi connectivity index (χ0) is 18.1. The predicted molar refractivity (Wildman–Crippen MR) is 110 cm³/mol. The van der Waals surface area contributed by atoms with Crippen molar-refractivity contribution in [1.82, 2.24) is 9.21 Å². The molecular weight excluding hydrogens is 364 g/mol. The van der Waals surface area contributed by atoms with Crippen LogP contribution in [-0.2, 0) is 11.0 Å². The van der Waals surface area contributed by atoms with Crippen molar-refractivity contribution < 1.29 is 4.21 Å². The highest BCUT2D eigenvalue weighted by Crippen LogP contribution is 2.31. The molecule has 0 N–H and O–H groups in total. The summed E-state index contributed by atoms with van der Waals surface area (Å²) in [6.45, 7) is 6.63. The van der Waals surface area contributed by atoms with Crippen molar-refractivity contribution >= 4 is 33.4 Å². The molecule has 1 atom stereocenters. The van der Waals surface area contributed by atoms with Gasteiger partial charge in [-0.25, -0.2) is 8.51 Å². The molecule has 0 spiro atoms. The maximum atomic E-state index is 13.2. The minimum Gasteiger partial charge on any atom is -0.300 e. The minimum absolute atomic E-state index is 0.665. The number of hydrogen-bond donors (Lipinski definition) is 0. The summed E-state index contributed by atoms with van der Waals surface area (Å²) in [4.78, 5) is 3.55. The van der Waals surface area contributed by atoms with Crippen molar-refractivity contribution in [3.8, 4) is 0 Å². The smallest absolute Gasteiger partial charge is 0.128 e. The van der Waals surface area contributed by atoms with E-state index >= 15 is 0 Å². The highest BCUT2D eigenvalue weighted by molar-refractivity contribution is 7.83. The lowest BCUT2D eigenvalue weighted by Crippen LogP contribution is -2.47. The van der Waals surface area contributed by atoms with E-state index in [2.05, 4.69) is 16.1 Å². The summed E-state index contributed by atoms with van der Waals surface area (Å²) in [5.41, 5.74) is 0. The van der Waals surface area contributed by atoms with Crippen molar-refractivity contribution in [2.24, 2.45) is 5.92 Å². The van der Waals surface area contributed by atoms with Crippen LogP contribution < -0.4 is 0 Å². The van der Waals surface area contributed by atoms with Gasteiger partial charge in [-0.1, -0.05) is 42.8 Å². The van der Waals surface area contributed by atoms with E-state index < -0.39 is 11.0 Å². The van der Waals surface area contributed by atoms with E-state index in [0.29, 0.717) is 6.04 Å². The van der Waals surface area contributed by atoms with Crippen LogP contribution in [0.25, 0.3) is 10.8 Å². The average molecular weight is 391 g/mol. The number of piperidine rings is 2. The summed E-state index contributed by atoms with van der Waals surface area (Å²) in [5.74, 6) is 0.872. The molecule has 0 amide bonds. The molecule has 0 radical (unpaired) electrons. The molecule has 3 nitrogen and oxygen atoms in total. The van der Waals surface area contributed by atoms with Crippen LogP contribution in [0.5, 0.6) is 0 Å². The monoisotopic (exact) mass is 390 g/mol. The molecule has 0 saturated carbocycles. The topological polar surface area (TPSA) is 23.6 Å². The molecule has 2 aliphatic heterocycles. The van der Waals surface area contributed by atoms with Gasteiger partial charge in [0.15, 0.2) is 0 Å². The van der Waals surface area contributed by atoms with Crippen molar-refractivity contribution in [2.75, 3.05) is 26.2 Å². The molecule has 0 aliphatic carbocycles. The summed E-state index contributed by atoms with van der Waals surface area (Å²) in [6.07, 6.45) is 4.88. The number of benzene rings is 2. The number of rotatable bonds is 3. The first-order valence-electron chi connectivity index (χ1n) is 9.71. The van der Waals surface area contributed by atoms with Crippen molar-refractivity contribution in [3.05, 3.63) is 41.4 Å². The Morgan fingerprint density at radius 2 is 1.58 bits per heavy atom. The van der Waals surface area contributed by atoms with Crippen LogP contribution in [0.3, 0.4) is 0 Å². The van der Waals surface area contributed by atoms with Crippen LogP contribution in [0.1, 0.15) is 32.6 Å². The van der Waals surface area contributed by atoms with E-state index in [1.54, 1.807) is 0 Å². The van der Waals surface area contributed by atoms with E-state index in [1.165, 1.54) is 25.9 Å². The quantitative estimate of drug-likeness (QED) is 0.757. The standard InChI is InChI=1S/C21H27ClN2OS/c1-16-8-12-23(13-9-16)17-10-14-24(15-11-17)26(25)21-7-6-20(22)18-4-2-3-5-19(18)21/h2-7,16-17H,8-15H2,1H3. The lowest BCUT2D eigenvalue weighted by atomic mass is 9.95. The maximum Gasteiger partial charge on any atom is 0.128 e. The first-order chi connectivity index (χ1) is 12.6. The fraction of sp³-hybridized carbons (Fsp3) is 0.524. The average Bonchev–Trinajstić information content (AvgIpc) is 2.69. The van der Waals surface area contributed by atoms with Gasteiger partial charge in [-0.3, -0.25) is 0 Å². The summed E-state index contributed by atoms with van der Waals surface area (Å²) in [6, 6.07) is 12.5. The molecular formula is C21H27ClN2OS. The fourth-order valence-electron chi connectivity index (χ4n) is 4.29. The highest BCUT2D eigenvalue weighted by atomic mass is 35.5. The van der Waals surface area contributed by atoms with Crippen molar-refractivity contribution in [2.45, 2.75) is 43.5 Å². The molecule has 2 heterocycles. The third kappa shape index (κ3) is 3.70. The summed E-state index contributed by atoms with van der Waals surface area (Å²) < 4.78 is 15.4. The lowest BCUT2D eigenvalue weighted by molar-refractivity contribution is 0.102. The second-order valence-electron chi connectivity index (χ2n) is 7.72. The Hall–Kier alpha value is -0.940. The molecule has 0 bridgehead atoms. The fourth-order valence-corrected chi connectivity index (χ4v) is 5.89. The Balaban J connectivity index is 1.45. The Morgan fingerprint density at radius 1 is 0.923 bits per heavy atom. The first kappa shape index (κ1) is 18.4. The van der Waals surface area contributed by atoms with Gasteiger partial charge in [0.05, 0.1) is 4.90 Å². The normalized spacial score (nSPS) is 22.7. The lowest BCUT2D eigenvalue weighted by Gasteiger charge is -2.41. The van der Waals surface area contributed by atoms with Crippen LogP contribution in [0.4, 0.5) is 0 Å². The van der Waals surface area contributed by atoms with Gasteiger partial charge in [-0.2, -0.15) is 0 Å². The Kier molecular flexibility index (Phi) is 5.65. The molecule has 0 aromatic heterocycles. The molecule has 1 unspecified atom stereocenters. The van der Waals surface area contributed by atoms with Gasteiger partial charge in [-0.15, -0.1) is 0 Å². The van der Waals surface area contributed by atoms with Gasteiger partial charge in [0, 0.05) is 34.9 Å². The molecule has 2 aromatic rings. The number of hydrogen-bond acceptors (Lipinski definition) is 2. The van der Waals surface area contributed by atoms with Crippen LogP contribution in [-0.4, -0.2) is 45.6 Å². The summed E-state index contributed by atoms with van der Waals surface area (Å²) >= 11 is 6.32. The van der Waals surface area contributed by atoms with Gasteiger partial charge in [0.1, 0.15) is 11.0 Å². The molecule has 5 heteroatoms. The van der Waals surface area contributed by atoms with Gasteiger partial charge in [0.25, 0.3) is 0 Å². The van der Waals surface area contributed by atoms with E-state index in [4.69, 9.17) is 11.6 Å². The van der Waals surface area contributed by atoms with Crippen molar-refractivity contribution in [3.63, 3.8) is 0 Å². The van der Waals surface area contributed by atoms with Gasteiger partial charge in [0.2, 0.25) is 0 Å². The molecule has 2 aromatic carbocycles. The first-order valence-corrected chi connectivity index (χ1v) is 11.2. The van der Waals surface area contributed by atoms with E-state index in [9.17, 15) is 4.21 Å². The molecule has 2 saturated heterocycles. The minimum atomic E-state index is -1.12. The van der Waals surface area contributed by atoms with Crippen molar-refractivity contribution in [1.29, 1.82) is 0 Å². The SMILES string of the molecule is CC1CCN(C2CCN(S(=O)c3ccc(Cl)c4ccccc34)CC2)CC1. The third-order valence-electron chi connectivity index (χ3n) is 6.01. The van der Waals surface area contributed by atoms with Gasteiger partial charge in [-0.05, 0) is 56.8 Å². The summed E-state index contributed by atoms with van der Waals surface area (Å²) in [7, 11) is -1.12. The molecule has 4 rings (SSSR count). The molecule has 140 valence electrons. The Morgan fingerprint density at radius 3 is 2.27 bits per heavy atom. The second kappa shape index (κ2) is 7.97. The largest absolute Gasteiger partial charge is 0.300 e. The number of fused-ring (bicyclic) bond motifs is 1. The third-order valence-corrected chi connectivity index (χ3v) is 7.91. The number of likely N-dealkylation sites (tertiary alicyclic amines) is 1. The van der Waals surface area contributed by atoms with E-state index in [1.807, 2.05) is 36.4 Å². The van der Waals surface area contributed by atoms with Gasteiger partial charge >= 0.3 is 0 Å². The predicted octanol–water partition coefficient (Wildman–Crippen LogP) is 4.71. The zero-order valence-corrected chi connectivity index (χ0v) is 16.9. The van der Waals surface area contributed by atoms with E-state index in [0.717, 1.165) is 52.5 Å². The second-order valence-corrected chi connectivity index (χ2v) is 9.58. The highest BCUT2D eigenvalue weighted by Gasteiger charge is 2.29. The van der Waals surface area contributed by atoms with Crippen LogP contribution >= 0.6 is 11.6 Å². The Bertz CT molecular complexity index is 796. The van der Waals surface area contributed by atoms with Crippen LogP contribution in [0.2, 0.25) is 5.02 Å². The molecule has 2 aliphatic rings.